The van der Waals surface area contributed by atoms with E-state index >= 15 is 0 Å². The fraction of sp³-hybridized carbons (Fsp3) is 0.200. The van der Waals surface area contributed by atoms with Gasteiger partial charge in [0.2, 0.25) is 5.88 Å². The summed E-state index contributed by atoms with van der Waals surface area (Å²) < 4.78 is 56.5. The summed E-state index contributed by atoms with van der Waals surface area (Å²) in [7, 11) is 0. The second kappa shape index (κ2) is 11.0. The topological polar surface area (TPSA) is 101 Å². The van der Waals surface area contributed by atoms with Gasteiger partial charge in [-0.05, 0) is 36.4 Å². The van der Waals surface area contributed by atoms with Crippen LogP contribution in [0.1, 0.15) is 24.5 Å². The maximum absolute atomic E-state index is 12.6. The average Bonchev–Trinajstić information content (AvgIpc) is 2.78. The van der Waals surface area contributed by atoms with Gasteiger partial charge in [0, 0.05) is 8.95 Å². The molecular weight excluding hydrogens is 580 g/mol. The minimum Gasteiger partial charge on any atom is -0.475 e. The second-order valence-corrected chi connectivity index (χ2v) is 8.17. The number of hydrogen-bond acceptors (Lipinski definition) is 6. The Morgan fingerprint density at radius 1 is 0.909 bits per heavy atom. The summed E-state index contributed by atoms with van der Waals surface area (Å²) in [6.07, 6.45) is -5.54. The third-order valence-corrected chi connectivity index (χ3v) is 5.04. The molecule has 4 aromatic rings. The van der Waals surface area contributed by atoms with Crippen molar-refractivity contribution in [3.8, 4) is 5.88 Å². The van der Waals surface area contributed by atoms with Crippen LogP contribution in [0, 0.1) is 0 Å². The number of aromatic nitrogens is 4. The van der Waals surface area contributed by atoms with Crippen molar-refractivity contribution < 1.29 is 27.4 Å². The Morgan fingerprint density at radius 2 is 1.52 bits per heavy atom. The molecule has 174 valence electrons. The second-order valence-electron chi connectivity index (χ2n) is 6.33. The van der Waals surface area contributed by atoms with Crippen LogP contribution in [0.25, 0.3) is 21.8 Å². The van der Waals surface area contributed by atoms with Gasteiger partial charge in [-0.1, -0.05) is 31.9 Å². The standard InChI is InChI=1S/C11H9BrF2N2O2.C9H5BrF2N2O/c12-6-1-2-8-7(5-6)11(18-4-3-17)16-10(15-8)9(13)14;10-4-1-2-6-5(3-4)9(15)14-8(13-6)7(11)12/h1-2,5,9,17H,3-4H2;1-3,7H,(H,13,14,15). The highest BCUT2D eigenvalue weighted by molar-refractivity contribution is 9.10. The first-order valence-electron chi connectivity index (χ1n) is 9.16. The highest BCUT2D eigenvalue weighted by Crippen LogP contribution is 2.28. The summed E-state index contributed by atoms with van der Waals surface area (Å²) in [6, 6.07) is 9.66. The van der Waals surface area contributed by atoms with Crippen LogP contribution in [0.2, 0.25) is 0 Å². The molecular formula is C20H14Br2F4N4O3. The van der Waals surface area contributed by atoms with Crippen molar-refractivity contribution in [2.24, 2.45) is 0 Å². The van der Waals surface area contributed by atoms with E-state index in [4.69, 9.17) is 9.84 Å². The van der Waals surface area contributed by atoms with E-state index in [2.05, 4.69) is 46.8 Å². The number of ether oxygens (including phenoxy) is 1. The number of aliphatic hydroxyl groups excluding tert-OH is 1. The smallest absolute Gasteiger partial charge is 0.297 e. The van der Waals surface area contributed by atoms with Crippen LogP contribution < -0.4 is 10.3 Å². The van der Waals surface area contributed by atoms with Crippen LogP contribution >= 0.6 is 31.9 Å². The number of rotatable bonds is 5. The third-order valence-electron chi connectivity index (χ3n) is 4.06. The molecule has 7 nitrogen and oxygen atoms in total. The van der Waals surface area contributed by atoms with E-state index in [1.807, 2.05) is 4.98 Å². The Hall–Kier alpha value is -2.64. The number of H-pyrrole nitrogens is 1. The quantitative estimate of drug-likeness (QED) is 0.304. The molecule has 0 amide bonds. The molecule has 0 fully saturated rings. The molecule has 0 aliphatic rings. The molecule has 2 aromatic carbocycles. The van der Waals surface area contributed by atoms with E-state index < -0.39 is 30.1 Å². The molecule has 0 saturated carbocycles. The number of fused-ring (bicyclic) bond motifs is 2. The number of alkyl halides is 4. The Bertz CT molecular complexity index is 1340. The Kier molecular flexibility index (Phi) is 8.32. The lowest BCUT2D eigenvalue weighted by molar-refractivity contribution is 0.138. The average molecular weight is 594 g/mol. The molecule has 0 saturated heterocycles. The van der Waals surface area contributed by atoms with Crippen molar-refractivity contribution in [1.82, 2.24) is 19.9 Å². The van der Waals surface area contributed by atoms with Gasteiger partial charge in [-0.2, -0.15) is 4.98 Å². The van der Waals surface area contributed by atoms with Gasteiger partial charge in [0.1, 0.15) is 6.61 Å². The normalized spacial score (nSPS) is 11.2. The number of aliphatic hydroxyl groups is 1. The molecule has 0 bridgehead atoms. The summed E-state index contributed by atoms with van der Waals surface area (Å²) >= 11 is 6.46. The summed E-state index contributed by atoms with van der Waals surface area (Å²) in [5, 5.41) is 9.51. The van der Waals surface area contributed by atoms with Gasteiger partial charge in [-0.25, -0.2) is 27.5 Å². The van der Waals surface area contributed by atoms with Crippen molar-refractivity contribution >= 4 is 53.7 Å². The van der Waals surface area contributed by atoms with Crippen LogP contribution in [-0.2, 0) is 0 Å². The predicted molar refractivity (Wildman–Crippen MR) is 120 cm³/mol. The molecule has 0 aliphatic heterocycles. The number of aromatic amines is 1. The SMILES string of the molecule is O=c1[nH]c(C(F)F)nc2ccc(Br)cc12.OCCOc1nc(C(F)F)nc2ccc(Br)cc12. The monoisotopic (exact) mass is 592 g/mol. The first-order chi connectivity index (χ1) is 15.7. The molecule has 2 N–H and O–H groups in total. The Morgan fingerprint density at radius 3 is 2.09 bits per heavy atom. The van der Waals surface area contributed by atoms with Gasteiger partial charge in [0.15, 0.2) is 11.6 Å². The van der Waals surface area contributed by atoms with Crippen LogP contribution in [0.15, 0.2) is 50.1 Å². The lowest BCUT2D eigenvalue weighted by Crippen LogP contribution is -2.12. The molecule has 0 radical (unpaired) electrons. The summed E-state index contributed by atoms with van der Waals surface area (Å²) in [6.45, 7) is -0.231. The van der Waals surface area contributed by atoms with Gasteiger partial charge in [-0.15, -0.1) is 0 Å². The summed E-state index contributed by atoms with van der Waals surface area (Å²) in [5.41, 5.74) is 0.0743. The van der Waals surface area contributed by atoms with Crippen LogP contribution in [0.5, 0.6) is 5.88 Å². The molecule has 0 unspecified atom stereocenters. The summed E-state index contributed by atoms with van der Waals surface area (Å²) in [4.78, 5) is 24.5. The fourth-order valence-electron chi connectivity index (χ4n) is 2.67. The van der Waals surface area contributed by atoms with Crippen molar-refractivity contribution in [2.75, 3.05) is 13.2 Å². The largest absolute Gasteiger partial charge is 0.475 e. The third kappa shape index (κ3) is 6.24. The maximum atomic E-state index is 12.6. The molecule has 4 rings (SSSR count). The zero-order chi connectivity index (χ0) is 24.1. The van der Waals surface area contributed by atoms with Crippen LogP contribution in [-0.4, -0.2) is 38.3 Å². The van der Waals surface area contributed by atoms with E-state index in [1.54, 1.807) is 24.3 Å². The van der Waals surface area contributed by atoms with Crippen LogP contribution in [0.3, 0.4) is 0 Å². The Labute approximate surface area is 200 Å². The van der Waals surface area contributed by atoms with E-state index in [0.717, 1.165) is 4.47 Å². The van der Waals surface area contributed by atoms with E-state index in [1.165, 1.54) is 12.1 Å². The maximum Gasteiger partial charge on any atom is 0.297 e. The lowest BCUT2D eigenvalue weighted by atomic mass is 10.2. The van der Waals surface area contributed by atoms with Crippen molar-refractivity contribution in [3.05, 3.63) is 67.3 Å². The highest BCUT2D eigenvalue weighted by Gasteiger charge is 2.16. The van der Waals surface area contributed by atoms with Gasteiger partial charge in [-0.3, -0.25) is 4.79 Å². The molecule has 2 heterocycles. The van der Waals surface area contributed by atoms with E-state index in [-0.39, 0.29) is 30.0 Å². The molecule has 0 atom stereocenters. The summed E-state index contributed by atoms with van der Waals surface area (Å²) in [5.74, 6) is -1.14. The fourth-order valence-corrected chi connectivity index (χ4v) is 3.39. The number of hydrogen-bond donors (Lipinski definition) is 2. The van der Waals surface area contributed by atoms with Gasteiger partial charge in [0.25, 0.3) is 18.4 Å². The number of nitrogens with zero attached hydrogens (tertiary/aromatic N) is 3. The van der Waals surface area contributed by atoms with Crippen molar-refractivity contribution in [1.29, 1.82) is 0 Å². The van der Waals surface area contributed by atoms with E-state index in [9.17, 15) is 22.4 Å². The first kappa shape index (κ1) is 25.0. The van der Waals surface area contributed by atoms with Crippen molar-refractivity contribution in [3.63, 3.8) is 0 Å². The predicted octanol–water partition coefficient (Wildman–Crippen LogP) is 5.32. The number of halogens is 6. The Balaban J connectivity index is 0.000000189. The molecule has 0 spiro atoms. The first-order valence-corrected chi connectivity index (χ1v) is 10.7. The molecule has 2 aromatic heterocycles. The molecule has 33 heavy (non-hydrogen) atoms. The van der Waals surface area contributed by atoms with Crippen LogP contribution in [0.4, 0.5) is 17.6 Å². The molecule has 13 heteroatoms. The van der Waals surface area contributed by atoms with E-state index in [0.29, 0.717) is 15.4 Å². The highest BCUT2D eigenvalue weighted by atomic mass is 79.9. The van der Waals surface area contributed by atoms with Gasteiger partial charge in [0.05, 0.1) is 28.4 Å². The molecule has 0 aliphatic carbocycles. The minimum atomic E-state index is -2.77. The zero-order valence-corrected chi connectivity index (χ0v) is 19.6. The zero-order valence-electron chi connectivity index (χ0n) is 16.4. The minimum absolute atomic E-state index is 0.0126. The lowest BCUT2D eigenvalue weighted by Gasteiger charge is -2.09. The van der Waals surface area contributed by atoms with Gasteiger partial charge < -0.3 is 14.8 Å². The van der Waals surface area contributed by atoms with Crippen molar-refractivity contribution in [2.45, 2.75) is 12.9 Å². The number of benzene rings is 2. The van der Waals surface area contributed by atoms with Gasteiger partial charge >= 0.3 is 0 Å². The number of nitrogens with one attached hydrogen (secondary N) is 1.